The van der Waals surface area contributed by atoms with Crippen LogP contribution >= 0.6 is 23.6 Å². The summed E-state index contributed by atoms with van der Waals surface area (Å²) in [5, 5.41) is 10.2. The van der Waals surface area contributed by atoms with Crippen LogP contribution in [0.2, 0.25) is 0 Å². The number of aromatic nitrogens is 3. The van der Waals surface area contributed by atoms with Gasteiger partial charge in [-0.05, 0) is 41.2 Å². The minimum absolute atomic E-state index is 0.106. The Morgan fingerprint density at radius 1 is 1.17 bits per heavy atom. The molecule has 0 amide bonds. The van der Waals surface area contributed by atoms with Crippen molar-refractivity contribution in [3.8, 4) is 5.69 Å². The van der Waals surface area contributed by atoms with Crippen molar-refractivity contribution in [3.63, 3.8) is 0 Å². The molecule has 24 heavy (non-hydrogen) atoms. The van der Waals surface area contributed by atoms with Crippen LogP contribution in [0.3, 0.4) is 0 Å². The third-order valence-corrected chi connectivity index (χ3v) is 5.25. The lowest BCUT2D eigenvalue weighted by Gasteiger charge is -2.30. The van der Waals surface area contributed by atoms with Gasteiger partial charge in [0.15, 0.2) is 0 Å². The maximum absolute atomic E-state index is 5.58. The number of hydrogen-bond acceptors (Lipinski definition) is 4. The van der Waals surface area contributed by atoms with E-state index in [-0.39, 0.29) is 11.5 Å². The summed E-state index contributed by atoms with van der Waals surface area (Å²) in [5.41, 5.74) is 1.13. The molecule has 0 saturated heterocycles. The van der Waals surface area contributed by atoms with Gasteiger partial charge in [0.1, 0.15) is 6.33 Å². The van der Waals surface area contributed by atoms with E-state index in [2.05, 4.69) is 48.7 Å². The minimum Gasteiger partial charge on any atom is -0.290 e. The number of benzene rings is 1. The van der Waals surface area contributed by atoms with E-state index in [4.69, 9.17) is 12.2 Å². The summed E-state index contributed by atoms with van der Waals surface area (Å²) >= 11 is 7.35. The van der Waals surface area contributed by atoms with Crippen LogP contribution in [0.25, 0.3) is 5.69 Å². The number of nitrogens with zero attached hydrogens (tertiary/aromatic N) is 3. The topological polar surface area (TPSA) is 34.8 Å². The predicted octanol–water partition coefficient (Wildman–Crippen LogP) is 4.80. The second-order valence-corrected chi connectivity index (χ2v) is 8.14. The molecule has 0 radical (unpaired) electrons. The van der Waals surface area contributed by atoms with Crippen molar-refractivity contribution in [1.29, 1.82) is 0 Å². The summed E-state index contributed by atoms with van der Waals surface area (Å²) in [5.74, 6) is 0. The third-order valence-electron chi connectivity index (χ3n) is 3.91. The standard InChI is InChI=1S/C18H22N4S2/c1-18(2,3)16(15-10-7-11-24-15)19-12-22-17(23)21(13-20-22)14-8-5-4-6-9-14/h4-11,13,16,19H,12H2,1-3H3. The fourth-order valence-electron chi connectivity index (χ4n) is 2.68. The van der Waals surface area contributed by atoms with Gasteiger partial charge >= 0.3 is 0 Å². The molecule has 126 valence electrons. The molecular weight excluding hydrogens is 336 g/mol. The van der Waals surface area contributed by atoms with Crippen molar-refractivity contribution in [1.82, 2.24) is 19.7 Å². The molecule has 0 spiro atoms. The SMILES string of the molecule is CC(C)(C)C(NCn1ncn(-c2ccccc2)c1=S)c1cccs1. The van der Waals surface area contributed by atoms with Crippen LogP contribution in [0.1, 0.15) is 31.7 Å². The molecule has 0 bridgehead atoms. The second kappa shape index (κ2) is 7.01. The molecule has 1 aromatic carbocycles. The van der Waals surface area contributed by atoms with Gasteiger partial charge in [0.05, 0.1) is 6.67 Å². The first-order valence-corrected chi connectivity index (χ1v) is 9.22. The summed E-state index contributed by atoms with van der Waals surface area (Å²) in [7, 11) is 0. The normalized spacial score (nSPS) is 13.1. The lowest BCUT2D eigenvalue weighted by atomic mass is 9.86. The first-order valence-electron chi connectivity index (χ1n) is 7.93. The maximum atomic E-state index is 5.58. The van der Waals surface area contributed by atoms with E-state index >= 15 is 0 Å². The number of rotatable bonds is 5. The molecule has 0 aliphatic heterocycles. The average molecular weight is 359 g/mol. The number of thiophene rings is 1. The van der Waals surface area contributed by atoms with Gasteiger partial charge in [-0.2, -0.15) is 5.10 Å². The first-order chi connectivity index (χ1) is 11.5. The Bertz CT molecular complexity index is 826. The van der Waals surface area contributed by atoms with Crippen molar-refractivity contribution in [2.75, 3.05) is 0 Å². The van der Waals surface area contributed by atoms with Gasteiger partial charge < -0.3 is 0 Å². The van der Waals surface area contributed by atoms with Crippen LogP contribution < -0.4 is 5.32 Å². The molecule has 2 heterocycles. The Kier molecular flexibility index (Phi) is 4.99. The van der Waals surface area contributed by atoms with E-state index < -0.39 is 0 Å². The van der Waals surface area contributed by atoms with E-state index in [1.165, 1.54) is 4.88 Å². The van der Waals surface area contributed by atoms with Crippen LogP contribution in [-0.2, 0) is 6.67 Å². The Labute approximate surface area is 151 Å². The molecule has 3 aromatic rings. The highest BCUT2D eigenvalue weighted by atomic mass is 32.1. The summed E-state index contributed by atoms with van der Waals surface area (Å²) in [4.78, 5) is 1.33. The van der Waals surface area contributed by atoms with E-state index in [0.29, 0.717) is 11.4 Å². The Hall–Kier alpha value is -1.76. The monoisotopic (exact) mass is 358 g/mol. The molecule has 0 fully saturated rings. The predicted molar refractivity (Wildman–Crippen MR) is 102 cm³/mol. The maximum Gasteiger partial charge on any atom is 0.203 e. The fourth-order valence-corrected chi connectivity index (χ4v) is 3.99. The first kappa shape index (κ1) is 17.1. The Morgan fingerprint density at radius 3 is 2.54 bits per heavy atom. The van der Waals surface area contributed by atoms with Gasteiger partial charge in [-0.3, -0.25) is 9.88 Å². The molecule has 1 N–H and O–H groups in total. The van der Waals surface area contributed by atoms with Gasteiger partial charge in [0.25, 0.3) is 0 Å². The highest BCUT2D eigenvalue weighted by Crippen LogP contribution is 2.35. The lowest BCUT2D eigenvalue weighted by molar-refractivity contribution is 0.255. The third kappa shape index (κ3) is 3.66. The van der Waals surface area contributed by atoms with Gasteiger partial charge in [-0.1, -0.05) is 45.0 Å². The fraction of sp³-hybridized carbons (Fsp3) is 0.333. The van der Waals surface area contributed by atoms with Crippen LogP contribution in [0.5, 0.6) is 0 Å². The smallest absolute Gasteiger partial charge is 0.203 e. The minimum atomic E-state index is 0.106. The molecule has 3 rings (SSSR count). The molecular formula is C18H22N4S2. The zero-order chi connectivity index (χ0) is 17.2. The van der Waals surface area contributed by atoms with Crippen molar-refractivity contribution in [3.05, 3.63) is 63.8 Å². The van der Waals surface area contributed by atoms with E-state index in [9.17, 15) is 0 Å². The van der Waals surface area contributed by atoms with Crippen LogP contribution in [0.4, 0.5) is 0 Å². The molecule has 1 unspecified atom stereocenters. The molecule has 0 saturated carbocycles. The van der Waals surface area contributed by atoms with Gasteiger partial charge in [-0.25, -0.2) is 4.68 Å². The van der Waals surface area contributed by atoms with Crippen molar-refractivity contribution in [2.45, 2.75) is 33.5 Å². The number of nitrogens with one attached hydrogen (secondary N) is 1. The number of para-hydroxylation sites is 1. The molecule has 0 aliphatic rings. The summed E-state index contributed by atoms with van der Waals surface area (Å²) < 4.78 is 4.44. The number of hydrogen-bond donors (Lipinski definition) is 1. The van der Waals surface area contributed by atoms with Crippen molar-refractivity contribution < 1.29 is 0 Å². The summed E-state index contributed by atoms with van der Waals surface area (Å²) in [6.07, 6.45) is 1.77. The van der Waals surface area contributed by atoms with Crippen molar-refractivity contribution >= 4 is 23.6 Å². The van der Waals surface area contributed by atoms with Crippen LogP contribution in [0.15, 0.2) is 54.2 Å². The zero-order valence-electron chi connectivity index (χ0n) is 14.1. The van der Waals surface area contributed by atoms with Crippen LogP contribution in [0, 0.1) is 10.2 Å². The van der Waals surface area contributed by atoms with Crippen LogP contribution in [-0.4, -0.2) is 14.3 Å². The second-order valence-electron chi connectivity index (χ2n) is 6.80. The largest absolute Gasteiger partial charge is 0.290 e. The van der Waals surface area contributed by atoms with Gasteiger partial charge in [-0.15, -0.1) is 11.3 Å². The van der Waals surface area contributed by atoms with E-state index in [0.717, 1.165) is 5.69 Å². The Balaban J connectivity index is 1.80. The highest BCUT2D eigenvalue weighted by molar-refractivity contribution is 7.71. The van der Waals surface area contributed by atoms with Gasteiger partial charge in [0, 0.05) is 16.6 Å². The highest BCUT2D eigenvalue weighted by Gasteiger charge is 2.26. The van der Waals surface area contributed by atoms with Gasteiger partial charge in [0.2, 0.25) is 4.77 Å². The average Bonchev–Trinajstić information content (AvgIpc) is 3.18. The Morgan fingerprint density at radius 2 is 1.92 bits per heavy atom. The van der Waals surface area contributed by atoms with E-state index in [1.54, 1.807) is 17.7 Å². The van der Waals surface area contributed by atoms with E-state index in [1.807, 2.05) is 39.6 Å². The quantitative estimate of drug-likeness (QED) is 0.665. The summed E-state index contributed by atoms with van der Waals surface area (Å²) in [6.45, 7) is 7.31. The molecule has 2 aromatic heterocycles. The molecule has 0 aliphatic carbocycles. The molecule has 6 heteroatoms. The molecule has 1 atom stereocenters. The zero-order valence-corrected chi connectivity index (χ0v) is 15.8. The lowest BCUT2D eigenvalue weighted by Crippen LogP contribution is -2.33. The van der Waals surface area contributed by atoms with Crippen molar-refractivity contribution in [2.24, 2.45) is 5.41 Å². The summed E-state index contributed by atoms with van der Waals surface area (Å²) in [6, 6.07) is 14.6. The molecule has 4 nitrogen and oxygen atoms in total.